The van der Waals surface area contributed by atoms with Gasteiger partial charge in [-0.15, -0.1) is 13.2 Å². The zero-order valence-electron chi connectivity index (χ0n) is 13.6. The lowest BCUT2D eigenvalue weighted by molar-refractivity contribution is -0.274. The number of halogens is 3. The smallest absolute Gasteiger partial charge is 0.454 e. The molecule has 7 nitrogen and oxygen atoms in total. The Bertz CT molecular complexity index is 853. The number of nitrogens with one attached hydrogen (secondary N) is 2. The summed E-state index contributed by atoms with van der Waals surface area (Å²) in [4.78, 5) is 23.9. The lowest BCUT2D eigenvalue weighted by Gasteiger charge is -2.10. The number of hydrogen-bond acceptors (Lipinski definition) is 5. The van der Waals surface area contributed by atoms with Crippen molar-refractivity contribution in [3.63, 3.8) is 0 Å². The first-order valence-electron chi connectivity index (χ1n) is 7.64. The van der Waals surface area contributed by atoms with Crippen LogP contribution in [-0.4, -0.2) is 25.0 Å². The summed E-state index contributed by atoms with van der Waals surface area (Å²) in [7, 11) is 0. The normalized spacial score (nSPS) is 12.4. The first kappa shape index (κ1) is 18.4. The Balaban J connectivity index is 1.50. The van der Waals surface area contributed by atoms with Crippen molar-refractivity contribution in [3.8, 4) is 17.2 Å². The fraction of sp³-hybridized carbons (Fsp3) is 0.176. The monoisotopic (exact) mass is 382 g/mol. The molecule has 27 heavy (non-hydrogen) atoms. The number of alkyl halides is 3. The number of benzene rings is 2. The summed E-state index contributed by atoms with van der Waals surface area (Å²) in [6.45, 7) is 0.0734. The predicted octanol–water partition coefficient (Wildman–Crippen LogP) is 2.32. The summed E-state index contributed by atoms with van der Waals surface area (Å²) >= 11 is 0. The molecule has 0 atom stereocenters. The molecule has 2 amide bonds. The van der Waals surface area contributed by atoms with Crippen LogP contribution in [0, 0.1) is 0 Å². The number of hydrazine groups is 1. The molecule has 0 aliphatic carbocycles. The van der Waals surface area contributed by atoms with Crippen molar-refractivity contribution in [3.05, 3.63) is 53.6 Å². The van der Waals surface area contributed by atoms with Crippen LogP contribution in [0.5, 0.6) is 17.2 Å². The van der Waals surface area contributed by atoms with E-state index < -0.39 is 18.2 Å². The topological polar surface area (TPSA) is 85.9 Å². The van der Waals surface area contributed by atoms with Crippen LogP contribution in [0.1, 0.15) is 15.9 Å². The summed E-state index contributed by atoms with van der Waals surface area (Å²) in [5.41, 5.74) is 5.17. The second kappa shape index (κ2) is 7.44. The Labute approximate surface area is 151 Å². The molecule has 0 saturated carbocycles. The van der Waals surface area contributed by atoms with Crippen molar-refractivity contribution >= 4 is 11.8 Å². The van der Waals surface area contributed by atoms with E-state index in [1.165, 1.54) is 24.3 Å². The van der Waals surface area contributed by atoms with Gasteiger partial charge in [-0.05, 0) is 35.9 Å². The summed E-state index contributed by atoms with van der Waals surface area (Å²) in [6, 6.07) is 9.39. The minimum absolute atomic E-state index is 0.0734. The minimum Gasteiger partial charge on any atom is -0.454 e. The Kier molecular flexibility index (Phi) is 5.06. The third kappa shape index (κ3) is 5.03. The molecule has 2 N–H and O–H groups in total. The fourth-order valence-corrected chi connectivity index (χ4v) is 2.27. The highest BCUT2D eigenvalue weighted by Gasteiger charge is 2.31. The van der Waals surface area contributed by atoms with Gasteiger partial charge in [-0.2, -0.15) is 0 Å². The molecule has 0 spiro atoms. The van der Waals surface area contributed by atoms with Crippen molar-refractivity contribution in [2.75, 3.05) is 6.79 Å². The average molecular weight is 382 g/mol. The molecule has 0 radical (unpaired) electrons. The first-order valence-corrected chi connectivity index (χ1v) is 7.64. The van der Waals surface area contributed by atoms with Crippen LogP contribution in [-0.2, 0) is 11.2 Å². The van der Waals surface area contributed by atoms with E-state index in [9.17, 15) is 22.8 Å². The van der Waals surface area contributed by atoms with Gasteiger partial charge in [0.1, 0.15) is 5.75 Å². The van der Waals surface area contributed by atoms with Crippen LogP contribution in [0.25, 0.3) is 0 Å². The van der Waals surface area contributed by atoms with Crippen LogP contribution >= 0.6 is 0 Å². The molecule has 1 aliphatic rings. The lowest BCUT2D eigenvalue weighted by Crippen LogP contribution is -2.42. The van der Waals surface area contributed by atoms with Gasteiger partial charge in [-0.3, -0.25) is 20.4 Å². The van der Waals surface area contributed by atoms with Crippen LogP contribution in [0.15, 0.2) is 42.5 Å². The molecule has 1 aliphatic heterocycles. The Morgan fingerprint density at radius 3 is 2.41 bits per heavy atom. The molecule has 142 valence electrons. The number of rotatable bonds is 4. The number of fused-ring (bicyclic) bond motifs is 1. The molecule has 0 fully saturated rings. The zero-order chi connectivity index (χ0) is 19.4. The number of amides is 2. The fourth-order valence-electron chi connectivity index (χ4n) is 2.27. The van der Waals surface area contributed by atoms with Crippen molar-refractivity contribution in [2.45, 2.75) is 12.8 Å². The van der Waals surface area contributed by atoms with Crippen LogP contribution in [0.4, 0.5) is 13.2 Å². The van der Waals surface area contributed by atoms with Crippen molar-refractivity contribution in [1.82, 2.24) is 10.9 Å². The van der Waals surface area contributed by atoms with Crippen molar-refractivity contribution in [1.29, 1.82) is 0 Å². The van der Waals surface area contributed by atoms with Crippen LogP contribution in [0.3, 0.4) is 0 Å². The van der Waals surface area contributed by atoms with Gasteiger partial charge in [-0.1, -0.05) is 12.1 Å². The number of carbonyl (C=O) groups excluding carboxylic acids is 2. The quantitative estimate of drug-likeness (QED) is 0.793. The van der Waals surface area contributed by atoms with E-state index in [0.717, 1.165) is 12.1 Å². The second-order valence-electron chi connectivity index (χ2n) is 5.44. The maximum atomic E-state index is 12.1. The van der Waals surface area contributed by atoms with Crippen LogP contribution < -0.4 is 25.1 Å². The summed E-state index contributed by atoms with van der Waals surface area (Å²) in [6.07, 6.45) is -4.92. The molecule has 1 heterocycles. The molecule has 2 aromatic carbocycles. The summed E-state index contributed by atoms with van der Waals surface area (Å²) < 4.78 is 50.3. The highest BCUT2D eigenvalue weighted by molar-refractivity contribution is 5.96. The number of hydrogen-bond donors (Lipinski definition) is 2. The van der Waals surface area contributed by atoms with E-state index in [0.29, 0.717) is 17.1 Å². The van der Waals surface area contributed by atoms with Gasteiger partial charge >= 0.3 is 6.36 Å². The predicted molar refractivity (Wildman–Crippen MR) is 85.0 cm³/mol. The Hall–Kier alpha value is -3.43. The van der Waals surface area contributed by atoms with E-state index in [1.807, 2.05) is 0 Å². The van der Waals surface area contributed by atoms with E-state index in [-0.39, 0.29) is 24.5 Å². The molecule has 3 rings (SSSR count). The van der Waals surface area contributed by atoms with Gasteiger partial charge in [0.25, 0.3) is 5.91 Å². The van der Waals surface area contributed by atoms with Gasteiger partial charge in [-0.25, -0.2) is 0 Å². The Morgan fingerprint density at radius 1 is 1.00 bits per heavy atom. The molecule has 0 aromatic heterocycles. The van der Waals surface area contributed by atoms with E-state index in [4.69, 9.17) is 9.47 Å². The van der Waals surface area contributed by atoms with Gasteiger partial charge in [0, 0.05) is 5.56 Å². The lowest BCUT2D eigenvalue weighted by atomic mass is 10.1. The molecular formula is C17H13F3N2O5. The van der Waals surface area contributed by atoms with E-state index in [2.05, 4.69) is 15.6 Å². The molecule has 0 bridgehead atoms. The third-order valence-electron chi connectivity index (χ3n) is 3.47. The van der Waals surface area contributed by atoms with Gasteiger partial charge < -0.3 is 14.2 Å². The Morgan fingerprint density at radius 2 is 1.70 bits per heavy atom. The molecule has 10 heteroatoms. The minimum atomic E-state index is -4.78. The molecule has 2 aromatic rings. The van der Waals surface area contributed by atoms with E-state index >= 15 is 0 Å². The summed E-state index contributed by atoms with van der Waals surface area (Å²) in [5.74, 6) is -0.546. The van der Waals surface area contributed by atoms with Gasteiger partial charge in [0.2, 0.25) is 12.7 Å². The van der Waals surface area contributed by atoms with Crippen molar-refractivity contribution in [2.24, 2.45) is 0 Å². The molecular weight excluding hydrogens is 369 g/mol. The van der Waals surface area contributed by atoms with Crippen LogP contribution in [0.2, 0.25) is 0 Å². The maximum absolute atomic E-state index is 12.1. The number of carbonyl (C=O) groups is 2. The van der Waals surface area contributed by atoms with Gasteiger partial charge in [0.05, 0.1) is 6.42 Å². The third-order valence-corrected chi connectivity index (χ3v) is 3.47. The second-order valence-corrected chi connectivity index (χ2v) is 5.44. The SMILES string of the molecule is O=C(Cc1ccc(OC(F)(F)F)cc1)NNC(=O)c1ccc2c(c1)OCO2. The molecule has 0 unspecified atom stereocenters. The summed E-state index contributed by atoms with van der Waals surface area (Å²) in [5, 5.41) is 0. The number of ether oxygens (including phenoxy) is 3. The zero-order valence-corrected chi connectivity index (χ0v) is 13.6. The van der Waals surface area contributed by atoms with E-state index in [1.54, 1.807) is 6.07 Å². The highest BCUT2D eigenvalue weighted by Crippen LogP contribution is 2.32. The first-order chi connectivity index (χ1) is 12.8. The maximum Gasteiger partial charge on any atom is 0.573 e. The van der Waals surface area contributed by atoms with Crippen molar-refractivity contribution < 1.29 is 37.0 Å². The highest BCUT2D eigenvalue weighted by atomic mass is 19.4. The van der Waals surface area contributed by atoms with Gasteiger partial charge in [0.15, 0.2) is 11.5 Å². The largest absolute Gasteiger partial charge is 0.573 e. The standard InChI is InChI=1S/C17H13F3N2O5/c18-17(19,20)27-12-4-1-10(2-5-12)7-15(23)21-22-16(24)11-3-6-13-14(8-11)26-9-25-13/h1-6,8H,7,9H2,(H,21,23)(H,22,24). The molecule has 0 saturated heterocycles. The average Bonchev–Trinajstić information content (AvgIpc) is 3.08.